The zero-order valence-corrected chi connectivity index (χ0v) is 22.3. The number of benzene rings is 2. The highest BCUT2D eigenvalue weighted by molar-refractivity contribution is 5.32. The number of hydrogen-bond acceptors (Lipinski definition) is 2. The van der Waals surface area contributed by atoms with Crippen molar-refractivity contribution in [1.82, 2.24) is 10.6 Å². The highest BCUT2D eigenvalue weighted by atomic mass is 14.9. The molecule has 0 unspecified atom stereocenters. The lowest BCUT2D eigenvalue weighted by molar-refractivity contribution is 0.222. The summed E-state index contributed by atoms with van der Waals surface area (Å²) < 4.78 is 0. The molecule has 2 aromatic rings. The summed E-state index contributed by atoms with van der Waals surface area (Å²) in [5.41, 5.74) is 6.86. The smallest absolute Gasteiger partial charge is 0.00682 e. The molecule has 3 aliphatic rings. The van der Waals surface area contributed by atoms with Gasteiger partial charge < -0.3 is 10.6 Å². The number of nitrogens with one attached hydrogen (secondary N) is 2. The average molecular weight is 461 g/mol. The van der Waals surface area contributed by atoms with Gasteiger partial charge in [0.05, 0.1) is 0 Å². The first-order valence-corrected chi connectivity index (χ1v) is 14.0. The van der Waals surface area contributed by atoms with E-state index in [-0.39, 0.29) is 0 Å². The lowest BCUT2D eigenvalue weighted by Crippen LogP contribution is -2.38. The maximum atomic E-state index is 3.66. The zero-order valence-electron chi connectivity index (χ0n) is 22.3. The van der Waals surface area contributed by atoms with E-state index < -0.39 is 0 Å². The molecule has 0 radical (unpaired) electrons. The molecule has 0 spiro atoms. The second kappa shape index (κ2) is 11.4. The Morgan fingerprint density at radius 1 is 0.706 bits per heavy atom. The van der Waals surface area contributed by atoms with Gasteiger partial charge in [-0.25, -0.2) is 0 Å². The normalized spacial score (nSPS) is 20.1. The first kappa shape index (κ1) is 25.5. The Morgan fingerprint density at radius 2 is 1.15 bits per heavy atom. The summed E-state index contributed by atoms with van der Waals surface area (Å²) in [6, 6.07) is 19.9. The highest BCUT2D eigenvalue weighted by Gasteiger charge is 2.39. The lowest BCUT2D eigenvalue weighted by atomic mass is 9.62. The van der Waals surface area contributed by atoms with E-state index in [0.29, 0.717) is 16.9 Å². The van der Waals surface area contributed by atoms with E-state index in [1.807, 2.05) is 0 Å². The molecule has 34 heavy (non-hydrogen) atoms. The van der Waals surface area contributed by atoms with Crippen LogP contribution in [0.1, 0.15) is 100 Å². The van der Waals surface area contributed by atoms with Crippen molar-refractivity contribution in [3.8, 4) is 0 Å². The molecule has 0 heterocycles. The van der Waals surface area contributed by atoms with Crippen molar-refractivity contribution in [2.24, 2.45) is 0 Å². The molecule has 0 saturated heterocycles. The van der Waals surface area contributed by atoms with Gasteiger partial charge in [0, 0.05) is 12.1 Å². The first-order chi connectivity index (χ1) is 16.4. The van der Waals surface area contributed by atoms with Crippen molar-refractivity contribution in [2.75, 3.05) is 13.1 Å². The van der Waals surface area contributed by atoms with Gasteiger partial charge in [-0.05, 0) is 100 Å². The monoisotopic (exact) mass is 460 g/mol. The fourth-order valence-electron chi connectivity index (χ4n) is 5.79. The van der Waals surface area contributed by atoms with Crippen molar-refractivity contribution < 1.29 is 0 Å². The molecule has 3 fully saturated rings. The molecule has 2 aromatic carbocycles. The van der Waals surface area contributed by atoms with Gasteiger partial charge in [-0.3, -0.25) is 0 Å². The summed E-state index contributed by atoms with van der Waals surface area (Å²) in [6.07, 6.45) is 13.7. The predicted octanol–water partition coefficient (Wildman–Crippen LogP) is 7.36. The Morgan fingerprint density at radius 3 is 1.50 bits per heavy atom. The van der Waals surface area contributed by atoms with E-state index in [0.717, 1.165) is 12.6 Å². The third-order valence-corrected chi connectivity index (χ3v) is 8.72. The van der Waals surface area contributed by atoms with E-state index in [9.17, 15) is 0 Å². The molecule has 3 saturated carbocycles. The standard InChI is InChI=1S/C16H23N.C16H25N/c1-13-3-5-14(6-4-13)16(9-2-10-16)11-12-17-15-7-8-15;1-13(2)17-12-11-16(9-4-10-16)15-7-5-14(3)6-8-15/h3-6,15,17H,2,7-12H2,1H3;5-8,13,17H,4,9-12H2,1-3H3. The van der Waals surface area contributed by atoms with Crippen LogP contribution >= 0.6 is 0 Å². The number of rotatable bonds is 10. The van der Waals surface area contributed by atoms with Crippen molar-refractivity contribution in [2.45, 2.75) is 115 Å². The SMILES string of the molecule is Cc1ccc(C2(CCNC(C)C)CCC2)cc1.Cc1ccc(C2(CCNC3CC3)CCC2)cc1. The number of hydrogen-bond donors (Lipinski definition) is 2. The Kier molecular flexibility index (Phi) is 8.53. The van der Waals surface area contributed by atoms with Crippen LogP contribution in [0.25, 0.3) is 0 Å². The van der Waals surface area contributed by atoms with E-state index in [2.05, 4.69) is 86.9 Å². The largest absolute Gasteiger partial charge is 0.315 e. The lowest BCUT2D eigenvalue weighted by Gasteiger charge is -2.43. The Balaban J connectivity index is 0.000000161. The second-order valence-electron chi connectivity index (χ2n) is 11.8. The van der Waals surface area contributed by atoms with Gasteiger partial charge in [0.15, 0.2) is 0 Å². The molecule has 0 aromatic heterocycles. The van der Waals surface area contributed by atoms with E-state index in [4.69, 9.17) is 0 Å². The molecule has 2 nitrogen and oxygen atoms in total. The van der Waals surface area contributed by atoms with Gasteiger partial charge >= 0.3 is 0 Å². The van der Waals surface area contributed by atoms with Gasteiger partial charge in [0.2, 0.25) is 0 Å². The van der Waals surface area contributed by atoms with E-state index in [1.165, 1.54) is 81.9 Å². The second-order valence-corrected chi connectivity index (χ2v) is 11.8. The third kappa shape index (κ3) is 6.52. The van der Waals surface area contributed by atoms with Crippen LogP contribution in [-0.4, -0.2) is 25.2 Å². The molecule has 0 amide bonds. The van der Waals surface area contributed by atoms with Crippen LogP contribution in [-0.2, 0) is 10.8 Å². The first-order valence-electron chi connectivity index (χ1n) is 14.0. The van der Waals surface area contributed by atoms with Crippen molar-refractivity contribution in [3.05, 3.63) is 70.8 Å². The predicted molar refractivity (Wildman–Crippen MR) is 147 cm³/mol. The van der Waals surface area contributed by atoms with Gasteiger partial charge in [0.25, 0.3) is 0 Å². The van der Waals surface area contributed by atoms with Crippen LogP contribution in [0, 0.1) is 13.8 Å². The van der Waals surface area contributed by atoms with Gasteiger partial charge in [-0.1, -0.05) is 86.3 Å². The maximum Gasteiger partial charge on any atom is 0.00682 e. The summed E-state index contributed by atoms with van der Waals surface area (Å²) in [6.45, 7) is 11.1. The van der Waals surface area contributed by atoms with Crippen molar-refractivity contribution in [1.29, 1.82) is 0 Å². The van der Waals surface area contributed by atoms with Crippen LogP contribution in [0.2, 0.25) is 0 Å². The Bertz CT molecular complexity index is 801. The van der Waals surface area contributed by atoms with Crippen LogP contribution in [0.4, 0.5) is 0 Å². The Hall–Kier alpha value is -1.64. The summed E-state index contributed by atoms with van der Waals surface area (Å²) in [7, 11) is 0. The minimum Gasteiger partial charge on any atom is -0.315 e. The molecule has 0 bridgehead atoms. The molecular formula is C32H48N2. The summed E-state index contributed by atoms with van der Waals surface area (Å²) >= 11 is 0. The fraction of sp³-hybridized carbons (Fsp3) is 0.625. The minimum absolute atomic E-state index is 0.482. The van der Waals surface area contributed by atoms with Crippen LogP contribution < -0.4 is 10.6 Å². The van der Waals surface area contributed by atoms with Gasteiger partial charge in [-0.15, -0.1) is 0 Å². The zero-order chi connectivity index (χ0) is 24.0. The molecule has 2 heteroatoms. The molecule has 186 valence electrons. The van der Waals surface area contributed by atoms with Crippen LogP contribution in [0.15, 0.2) is 48.5 Å². The number of aryl methyl sites for hydroxylation is 2. The molecule has 0 atom stereocenters. The fourth-order valence-corrected chi connectivity index (χ4v) is 5.79. The van der Waals surface area contributed by atoms with Crippen molar-refractivity contribution >= 4 is 0 Å². The molecular weight excluding hydrogens is 412 g/mol. The Labute approximate surface area is 209 Å². The molecule has 0 aliphatic heterocycles. The third-order valence-electron chi connectivity index (χ3n) is 8.72. The minimum atomic E-state index is 0.482. The van der Waals surface area contributed by atoms with E-state index >= 15 is 0 Å². The topological polar surface area (TPSA) is 24.1 Å². The van der Waals surface area contributed by atoms with Crippen LogP contribution in [0.5, 0.6) is 0 Å². The highest BCUT2D eigenvalue weighted by Crippen LogP contribution is 2.47. The van der Waals surface area contributed by atoms with Crippen molar-refractivity contribution in [3.63, 3.8) is 0 Å². The quantitative estimate of drug-likeness (QED) is 0.387. The maximum absolute atomic E-state index is 3.66. The molecule has 2 N–H and O–H groups in total. The molecule has 3 aliphatic carbocycles. The summed E-state index contributed by atoms with van der Waals surface area (Å²) in [4.78, 5) is 0. The summed E-state index contributed by atoms with van der Waals surface area (Å²) in [5.74, 6) is 0. The van der Waals surface area contributed by atoms with Gasteiger partial charge in [-0.2, -0.15) is 0 Å². The van der Waals surface area contributed by atoms with Crippen LogP contribution in [0.3, 0.4) is 0 Å². The summed E-state index contributed by atoms with van der Waals surface area (Å²) in [5, 5.41) is 7.21. The van der Waals surface area contributed by atoms with E-state index in [1.54, 1.807) is 11.1 Å². The molecule has 5 rings (SSSR count). The average Bonchev–Trinajstić information content (AvgIpc) is 3.58. The van der Waals surface area contributed by atoms with Gasteiger partial charge in [0.1, 0.15) is 0 Å².